The van der Waals surface area contributed by atoms with Crippen molar-refractivity contribution in [2.75, 3.05) is 6.54 Å². The lowest BCUT2D eigenvalue weighted by atomic mass is 9.70. The van der Waals surface area contributed by atoms with Gasteiger partial charge in [0.05, 0.1) is 0 Å². The highest BCUT2D eigenvalue weighted by molar-refractivity contribution is 4.98. The van der Waals surface area contributed by atoms with Crippen LogP contribution in [0.25, 0.3) is 0 Å². The number of nitrogens with zero attached hydrogens (tertiary/aromatic N) is 1. The lowest BCUT2D eigenvalue weighted by Crippen LogP contribution is -2.60. The molecule has 2 N–H and O–H groups in total. The zero-order chi connectivity index (χ0) is 12.6. The molecule has 0 radical (unpaired) electrons. The molecular formula is C15H30N2. The largest absolute Gasteiger partial charge is 0.326 e. The van der Waals surface area contributed by atoms with E-state index in [1.165, 1.54) is 38.6 Å². The SMILES string of the molecule is CC1CCCN(C2CCCC(C)(C)C2N)C1C. The van der Waals surface area contributed by atoms with Crippen LogP contribution in [0.4, 0.5) is 0 Å². The van der Waals surface area contributed by atoms with Gasteiger partial charge in [-0.1, -0.05) is 27.2 Å². The van der Waals surface area contributed by atoms with Gasteiger partial charge in [-0.3, -0.25) is 4.90 Å². The molecule has 1 aliphatic heterocycles. The van der Waals surface area contributed by atoms with Crippen molar-refractivity contribution in [3.05, 3.63) is 0 Å². The van der Waals surface area contributed by atoms with Crippen molar-refractivity contribution in [2.45, 2.75) is 77.9 Å². The second-order valence-electron chi connectivity index (χ2n) is 7.07. The Balaban J connectivity index is 2.10. The van der Waals surface area contributed by atoms with E-state index in [0.29, 0.717) is 23.5 Å². The van der Waals surface area contributed by atoms with E-state index >= 15 is 0 Å². The van der Waals surface area contributed by atoms with E-state index in [1.54, 1.807) is 0 Å². The average molecular weight is 238 g/mol. The molecule has 2 heteroatoms. The molecule has 1 saturated carbocycles. The Morgan fingerprint density at radius 3 is 2.53 bits per heavy atom. The molecule has 0 aromatic heterocycles. The second-order valence-corrected chi connectivity index (χ2v) is 7.07. The van der Waals surface area contributed by atoms with E-state index in [2.05, 4.69) is 32.6 Å². The third-order valence-electron chi connectivity index (χ3n) is 5.49. The van der Waals surface area contributed by atoms with Gasteiger partial charge in [-0.2, -0.15) is 0 Å². The molecular weight excluding hydrogens is 208 g/mol. The Morgan fingerprint density at radius 1 is 1.12 bits per heavy atom. The highest BCUT2D eigenvalue weighted by Gasteiger charge is 2.41. The fraction of sp³-hybridized carbons (Fsp3) is 1.00. The van der Waals surface area contributed by atoms with Gasteiger partial charge in [0, 0.05) is 18.1 Å². The Bertz CT molecular complexity index is 262. The van der Waals surface area contributed by atoms with Crippen LogP contribution in [0, 0.1) is 11.3 Å². The Hall–Kier alpha value is -0.0800. The maximum atomic E-state index is 6.55. The van der Waals surface area contributed by atoms with Gasteiger partial charge in [0.1, 0.15) is 0 Å². The van der Waals surface area contributed by atoms with E-state index in [9.17, 15) is 0 Å². The maximum absolute atomic E-state index is 6.55. The van der Waals surface area contributed by atoms with Crippen LogP contribution in [0.5, 0.6) is 0 Å². The van der Waals surface area contributed by atoms with Gasteiger partial charge in [0.15, 0.2) is 0 Å². The molecule has 1 saturated heterocycles. The molecule has 0 spiro atoms. The molecule has 1 heterocycles. The number of rotatable bonds is 1. The first-order chi connectivity index (χ1) is 7.93. The van der Waals surface area contributed by atoms with E-state index in [4.69, 9.17) is 5.73 Å². The molecule has 2 nitrogen and oxygen atoms in total. The third-order valence-corrected chi connectivity index (χ3v) is 5.49. The topological polar surface area (TPSA) is 29.3 Å². The van der Waals surface area contributed by atoms with Crippen molar-refractivity contribution in [3.8, 4) is 0 Å². The molecule has 1 aliphatic carbocycles. The highest BCUT2D eigenvalue weighted by atomic mass is 15.2. The number of nitrogens with two attached hydrogens (primary N) is 1. The van der Waals surface area contributed by atoms with Gasteiger partial charge in [0.2, 0.25) is 0 Å². The van der Waals surface area contributed by atoms with Crippen LogP contribution in [0.3, 0.4) is 0 Å². The van der Waals surface area contributed by atoms with Gasteiger partial charge in [0.25, 0.3) is 0 Å². The number of likely N-dealkylation sites (tertiary alicyclic amines) is 1. The summed E-state index contributed by atoms with van der Waals surface area (Å²) >= 11 is 0. The predicted octanol–water partition coefficient (Wildman–Crippen LogP) is 3.01. The Labute approximate surface area is 107 Å². The van der Waals surface area contributed by atoms with Gasteiger partial charge in [-0.25, -0.2) is 0 Å². The predicted molar refractivity (Wildman–Crippen MR) is 74.0 cm³/mol. The molecule has 0 bridgehead atoms. The lowest BCUT2D eigenvalue weighted by molar-refractivity contribution is 0.00713. The fourth-order valence-electron chi connectivity index (χ4n) is 3.84. The Morgan fingerprint density at radius 2 is 1.82 bits per heavy atom. The number of hydrogen-bond donors (Lipinski definition) is 1. The van der Waals surface area contributed by atoms with Crippen molar-refractivity contribution < 1.29 is 0 Å². The summed E-state index contributed by atoms with van der Waals surface area (Å²) in [6, 6.07) is 1.69. The fourth-order valence-corrected chi connectivity index (χ4v) is 3.84. The summed E-state index contributed by atoms with van der Waals surface area (Å²) in [7, 11) is 0. The molecule has 17 heavy (non-hydrogen) atoms. The zero-order valence-corrected chi connectivity index (χ0v) is 12.1. The first-order valence-corrected chi connectivity index (χ1v) is 7.45. The smallest absolute Gasteiger partial charge is 0.0255 e. The van der Waals surface area contributed by atoms with E-state index in [0.717, 1.165) is 5.92 Å². The molecule has 0 amide bonds. The van der Waals surface area contributed by atoms with Crippen LogP contribution < -0.4 is 5.73 Å². The van der Waals surface area contributed by atoms with Crippen LogP contribution in [0.15, 0.2) is 0 Å². The van der Waals surface area contributed by atoms with Crippen molar-refractivity contribution in [2.24, 2.45) is 17.1 Å². The van der Waals surface area contributed by atoms with Crippen LogP contribution in [0.1, 0.15) is 59.8 Å². The van der Waals surface area contributed by atoms with Gasteiger partial charge in [-0.05, 0) is 50.5 Å². The number of piperidine rings is 1. The Kier molecular flexibility index (Phi) is 3.84. The highest BCUT2D eigenvalue weighted by Crippen LogP contribution is 2.39. The van der Waals surface area contributed by atoms with E-state index in [-0.39, 0.29) is 0 Å². The van der Waals surface area contributed by atoms with Crippen molar-refractivity contribution in [1.82, 2.24) is 4.90 Å². The quantitative estimate of drug-likeness (QED) is 0.761. The van der Waals surface area contributed by atoms with Crippen molar-refractivity contribution >= 4 is 0 Å². The summed E-state index contributed by atoms with van der Waals surface area (Å²) in [5.41, 5.74) is 6.88. The lowest BCUT2D eigenvalue weighted by Gasteiger charge is -2.51. The maximum Gasteiger partial charge on any atom is 0.0255 e. The summed E-state index contributed by atoms with van der Waals surface area (Å²) in [5, 5.41) is 0. The standard InChI is InChI=1S/C15H30N2/c1-11-7-6-10-17(12(11)2)13-8-5-9-15(3,4)14(13)16/h11-14H,5-10,16H2,1-4H3. The van der Waals surface area contributed by atoms with Crippen molar-refractivity contribution in [1.29, 1.82) is 0 Å². The summed E-state index contributed by atoms with van der Waals surface area (Å²) in [6.45, 7) is 10.8. The molecule has 0 aromatic carbocycles. The minimum atomic E-state index is 0.323. The molecule has 2 aliphatic rings. The summed E-state index contributed by atoms with van der Waals surface area (Å²) < 4.78 is 0. The van der Waals surface area contributed by atoms with E-state index in [1.807, 2.05) is 0 Å². The first kappa shape index (κ1) is 13.4. The number of hydrogen-bond acceptors (Lipinski definition) is 2. The minimum Gasteiger partial charge on any atom is -0.326 e. The van der Waals surface area contributed by atoms with Crippen LogP contribution >= 0.6 is 0 Å². The molecule has 4 atom stereocenters. The summed E-state index contributed by atoms with van der Waals surface area (Å²) in [4.78, 5) is 2.72. The molecule has 100 valence electrons. The van der Waals surface area contributed by atoms with Crippen LogP contribution in [-0.2, 0) is 0 Å². The monoisotopic (exact) mass is 238 g/mol. The van der Waals surface area contributed by atoms with Gasteiger partial charge in [-0.15, -0.1) is 0 Å². The average Bonchev–Trinajstić information content (AvgIpc) is 2.27. The van der Waals surface area contributed by atoms with Crippen LogP contribution in [0.2, 0.25) is 0 Å². The molecule has 2 fully saturated rings. The second kappa shape index (κ2) is 4.89. The summed E-state index contributed by atoms with van der Waals surface area (Å²) in [6.07, 6.45) is 6.70. The molecule has 2 rings (SSSR count). The van der Waals surface area contributed by atoms with Gasteiger partial charge < -0.3 is 5.73 Å². The third kappa shape index (κ3) is 2.53. The minimum absolute atomic E-state index is 0.323. The summed E-state index contributed by atoms with van der Waals surface area (Å²) in [5.74, 6) is 0.834. The first-order valence-electron chi connectivity index (χ1n) is 7.45. The molecule has 0 aromatic rings. The normalized spacial score (nSPS) is 43.6. The zero-order valence-electron chi connectivity index (χ0n) is 12.1. The van der Waals surface area contributed by atoms with Gasteiger partial charge >= 0.3 is 0 Å². The van der Waals surface area contributed by atoms with Crippen LogP contribution in [-0.4, -0.2) is 29.6 Å². The van der Waals surface area contributed by atoms with Crippen molar-refractivity contribution in [3.63, 3.8) is 0 Å². The molecule has 4 unspecified atom stereocenters. The van der Waals surface area contributed by atoms with E-state index < -0.39 is 0 Å².